The van der Waals surface area contributed by atoms with Crippen molar-refractivity contribution < 1.29 is 22.8 Å². The van der Waals surface area contributed by atoms with Gasteiger partial charge in [0.05, 0.1) is 17.9 Å². The second kappa shape index (κ2) is 9.53. The molecule has 12 heteroatoms. The maximum Gasteiger partial charge on any atom is 0.387 e. The van der Waals surface area contributed by atoms with Crippen LogP contribution in [-0.2, 0) is 12.8 Å². The van der Waals surface area contributed by atoms with Gasteiger partial charge in [0.1, 0.15) is 0 Å². The number of ether oxygens (including phenoxy) is 2. The van der Waals surface area contributed by atoms with Crippen LogP contribution in [0.15, 0.2) is 52.1 Å². The van der Waals surface area contributed by atoms with Gasteiger partial charge in [0.2, 0.25) is 11.7 Å². The Bertz CT molecular complexity index is 1230. The van der Waals surface area contributed by atoms with Crippen molar-refractivity contribution in [1.82, 2.24) is 24.9 Å². The summed E-state index contributed by atoms with van der Waals surface area (Å²) < 4.78 is 41.7. The second-order valence-corrected chi connectivity index (χ2v) is 7.74. The van der Waals surface area contributed by atoms with E-state index in [2.05, 4.69) is 25.1 Å². The zero-order valence-corrected chi connectivity index (χ0v) is 18.4. The number of thioether (sulfide) groups is 1. The van der Waals surface area contributed by atoms with Crippen molar-refractivity contribution in [3.8, 4) is 34.3 Å². The summed E-state index contributed by atoms with van der Waals surface area (Å²) in [7, 11) is 3.20. The Kier molecular flexibility index (Phi) is 6.56. The van der Waals surface area contributed by atoms with Crippen molar-refractivity contribution >= 4 is 23.4 Å². The van der Waals surface area contributed by atoms with E-state index in [0.717, 1.165) is 5.56 Å². The zero-order chi connectivity index (χ0) is 22.7. The molecule has 4 rings (SSSR count). The Morgan fingerprint density at radius 2 is 1.97 bits per heavy atom. The van der Waals surface area contributed by atoms with Crippen molar-refractivity contribution in [3.63, 3.8) is 0 Å². The smallest absolute Gasteiger partial charge is 0.387 e. The van der Waals surface area contributed by atoms with Gasteiger partial charge < -0.3 is 18.6 Å². The summed E-state index contributed by atoms with van der Waals surface area (Å²) in [6, 6.07) is 11.8. The average molecular weight is 480 g/mol. The van der Waals surface area contributed by atoms with Crippen molar-refractivity contribution in [3.05, 3.63) is 53.4 Å². The topological polar surface area (TPSA) is 88.1 Å². The molecule has 0 aliphatic carbocycles. The van der Waals surface area contributed by atoms with Gasteiger partial charge >= 0.3 is 6.61 Å². The average Bonchev–Trinajstić information content (AvgIpc) is 3.39. The minimum Gasteiger partial charge on any atom is -0.493 e. The molecule has 0 amide bonds. The molecule has 2 aromatic heterocycles. The molecule has 4 aromatic rings. The Morgan fingerprint density at radius 1 is 1.16 bits per heavy atom. The van der Waals surface area contributed by atoms with Crippen LogP contribution in [-0.4, -0.2) is 38.6 Å². The number of benzene rings is 2. The predicted molar refractivity (Wildman–Crippen MR) is 114 cm³/mol. The Balaban J connectivity index is 1.47. The van der Waals surface area contributed by atoms with Gasteiger partial charge in [0.25, 0.3) is 0 Å². The van der Waals surface area contributed by atoms with Gasteiger partial charge in [0, 0.05) is 18.2 Å². The fourth-order valence-corrected chi connectivity index (χ4v) is 3.84. The number of alkyl halides is 2. The highest BCUT2D eigenvalue weighted by atomic mass is 35.5. The lowest BCUT2D eigenvalue weighted by atomic mass is 10.2. The quantitative estimate of drug-likeness (QED) is 0.323. The summed E-state index contributed by atoms with van der Waals surface area (Å²) in [5.41, 5.74) is 1.31. The van der Waals surface area contributed by atoms with Gasteiger partial charge in [0.15, 0.2) is 22.5 Å². The molecule has 8 nitrogen and oxygen atoms in total. The first kappa shape index (κ1) is 22.0. The molecule has 0 saturated carbocycles. The van der Waals surface area contributed by atoms with Gasteiger partial charge in [-0.2, -0.15) is 13.8 Å². The molecule has 0 spiro atoms. The lowest BCUT2D eigenvalue weighted by Crippen LogP contribution is -2.03. The van der Waals surface area contributed by atoms with E-state index in [-0.39, 0.29) is 17.3 Å². The fourth-order valence-electron chi connectivity index (χ4n) is 2.87. The van der Waals surface area contributed by atoms with E-state index in [0.29, 0.717) is 33.2 Å². The lowest BCUT2D eigenvalue weighted by Gasteiger charge is -2.10. The lowest BCUT2D eigenvalue weighted by molar-refractivity contribution is -0.0512. The van der Waals surface area contributed by atoms with Crippen molar-refractivity contribution in [2.75, 3.05) is 7.11 Å². The van der Waals surface area contributed by atoms with Gasteiger partial charge in [-0.15, -0.1) is 10.2 Å². The first-order valence-electron chi connectivity index (χ1n) is 9.19. The summed E-state index contributed by atoms with van der Waals surface area (Å²) in [5.74, 6) is 1.70. The first-order valence-corrected chi connectivity index (χ1v) is 10.6. The minimum atomic E-state index is -2.96. The fraction of sp³-hybridized carbons (Fsp3) is 0.200. The van der Waals surface area contributed by atoms with Crippen molar-refractivity contribution in [2.24, 2.45) is 7.05 Å². The number of nitrogens with zero attached hydrogens (tertiary/aromatic N) is 5. The number of rotatable bonds is 8. The van der Waals surface area contributed by atoms with Crippen LogP contribution in [0.3, 0.4) is 0 Å². The van der Waals surface area contributed by atoms with Gasteiger partial charge in [-0.05, 0) is 30.3 Å². The minimum absolute atomic E-state index is 0.0814. The molecule has 0 saturated heterocycles. The van der Waals surface area contributed by atoms with E-state index in [4.69, 9.17) is 20.9 Å². The number of hydrogen-bond donors (Lipinski definition) is 0. The van der Waals surface area contributed by atoms with Crippen molar-refractivity contribution in [1.29, 1.82) is 0 Å². The largest absolute Gasteiger partial charge is 0.493 e. The van der Waals surface area contributed by atoms with Crippen molar-refractivity contribution in [2.45, 2.75) is 17.5 Å². The van der Waals surface area contributed by atoms with Gasteiger partial charge in [-0.25, -0.2) is 0 Å². The second-order valence-electron chi connectivity index (χ2n) is 6.39. The van der Waals surface area contributed by atoms with E-state index in [9.17, 15) is 8.78 Å². The molecular formula is C20H16ClF2N5O3S. The van der Waals surface area contributed by atoms with E-state index in [1.54, 1.807) is 12.1 Å². The third-order valence-corrected chi connectivity index (χ3v) is 5.71. The summed E-state index contributed by atoms with van der Waals surface area (Å²) >= 11 is 7.62. The monoisotopic (exact) mass is 479 g/mol. The summed E-state index contributed by atoms with van der Waals surface area (Å²) in [6.45, 7) is -2.96. The number of methoxy groups -OCH3 is 1. The molecule has 0 bridgehead atoms. The van der Waals surface area contributed by atoms with E-state index >= 15 is 0 Å². The molecule has 166 valence electrons. The summed E-state index contributed by atoms with van der Waals surface area (Å²) in [4.78, 5) is 4.35. The Labute approximate surface area is 190 Å². The number of aromatic nitrogens is 5. The molecule has 0 fully saturated rings. The Morgan fingerprint density at radius 3 is 2.72 bits per heavy atom. The number of hydrogen-bond acceptors (Lipinski definition) is 8. The molecule has 0 N–H and O–H groups in total. The van der Waals surface area contributed by atoms with Gasteiger partial charge in [-0.3, -0.25) is 0 Å². The molecule has 0 aliphatic rings. The molecule has 0 atom stereocenters. The zero-order valence-electron chi connectivity index (χ0n) is 16.8. The SMILES string of the molecule is COc1cc(-c2noc(CSc3nnc(-c4ccccc4Cl)n3C)n2)ccc1OC(F)F. The highest BCUT2D eigenvalue weighted by Crippen LogP contribution is 2.33. The summed E-state index contributed by atoms with van der Waals surface area (Å²) in [6.07, 6.45) is 0. The molecule has 0 aliphatic heterocycles. The maximum absolute atomic E-state index is 12.5. The van der Waals surface area contributed by atoms with Crippen LogP contribution in [0.1, 0.15) is 5.89 Å². The predicted octanol–water partition coefficient (Wildman–Crippen LogP) is 5.09. The van der Waals surface area contributed by atoms with E-state index in [1.807, 2.05) is 29.8 Å². The molecule has 2 aromatic carbocycles. The van der Waals surface area contributed by atoms with Crippen LogP contribution in [0.2, 0.25) is 5.02 Å². The standard InChI is InChI=1S/C20H16ClF2N5O3S/c1-28-18(12-5-3-4-6-13(12)21)25-26-20(28)32-10-16-24-17(27-31-16)11-7-8-14(30-19(22)23)15(9-11)29-2/h3-9,19H,10H2,1-2H3. The summed E-state index contributed by atoms with van der Waals surface area (Å²) in [5, 5.41) is 13.6. The van der Waals surface area contributed by atoms with E-state index < -0.39 is 6.61 Å². The molecule has 0 radical (unpaired) electrons. The van der Waals surface area contributed by atoms with Crippen LogP contribution < -0.4 is 9.47 Å². The molecular weight excluding hydrogens is 464 g/mol. The van der Waals surface area contributed by atoms with Crippen LogP contribution in [0.25, 0.3) is 22.8 Å². The Hall–Kier alpha value is -3.18. The van der Waals surface area contributed by atoms with Gasteiger partial charge in [-0.1, -0.05) is 40.7 Å². The highest BCUT2D eigenvalue weighted by molar-refractivity contribution is 7.98. The normalized spacial score (nSPS) is 11.2. The molecule has 0 unspecified atom stereocenters. The van der Waals surface area contributed by atoms with Crippen LogP contribution in [0.5, 0.6) is 11.5 Å². The number of halogens is 3. The third kappa shape index (κ3) is 4.68. The van der Waals surface area contributed by atoms with Crippen LogP contribution in [0, 0.1) is 0 Å². The molecule has 2 heterocycles. The highest BCUT2D eigenvalue weighted by Gasteiger charge is 2.17. The van der Waals surface area contributed by atoms with Crippen LogP contribution in [0.4, 0.5) is 8.78 Å². The maximum atomic E-state index is 12.5. The van der Waals surface area contributed by atoms with E-state index in [1.165, 1.54) is 31.0 Å². The first-order chi connectivity index (χ1) is 15.5. The molecule has 32 heavy (non-hydrogen) atoms. The van der Waals surface area contributed by atoms with Crippen LogP contribution >= 0.6 is 23.4 Å². The third-order valence-electron chi connectivity index (χ3n) is 4.38.